The SMILES string of the molecule is COC(=O)COCC(N)c1cc(OC)c(OC)cc1Cl. The molecule has 0 aliphatic rings. The lowest BCUT2D eigenvalue weighted by Gasteiger charge is -2.16. The number of esters is 1. The van der Waals surface area contributed by atoms with Gasteiger partial charge in [0.2, 0.25) is 0 Å². The van der Waals surface area contributed by atoms with Crippen LogP contribution in [-0.4, -0.2) is 40.5 Å². The van der Waals surface area contributed by atoms with Crippen LogP contribution in [0.1, 0.15) is 11.6 Å². The third-order valence-electron chi connectivity index (χ3n) is 2.65. The fourth-order valence-electron chi connectivity index (χ4n) is 1.57. The number of nitrogens with two attached hydrogens (primary N) is 1. The number of halogens is 1. The maximum Gasteiger partial charge on any atom is 0.331 e. The summed E-state index contributed by atoms with van der Waals surface area (Å²) in [5.74, 6) is 0.579. The molecule has 20 heavy (non-hydrogen) atoms. The smallest absolute Gasteiger partial charge is 0.331 e. The first-order chi connectivity index (χ1) is 9.53. The molecule has 0 radical (unpaired) electrons. The van der Waals surface area contributed by atoms with Crippen LogP contribution in [0.2, 0.25) is 5.02 Å². The Balaban J connectivity index is 2.77. The standard InChI is InChI=1S/C13H18ClNO5/c1-17-11-4-8(9(14)5-12(11)18-2)10(15)6-20-7-13(16)19-3/h4-5,10H,6-7,15H2,1-3H3. The highest BCUT2D eigenvalue weighted by Crippen LogP contribution is 2.35. The Morgan fingerprint density at radius 3 is 2.40 bits per heavy atom. The summed E-state index contributed by atoms with van der Waals surface area (Å²) in [6.07, 6.45) is 0. The van der Waals surface area contributed by atoms with Gasteiger partial charge in [0.15, 0.2) is 11.5 Å². The normalized spacial score (nSPS) is 11.8. The van der Waals surface area contributed by atoms with Gasteiger partial charge in [-0.2, -0.15) is 0 Å². The van der Waals surface area contributed by atoms with E-state index in [1.165, 1.54) is 21.3 Å². The monoisotopic (exact) mass is 303 g/mol. The van der Waals surface area contributed by atoms with Crippen molar-refractivity contribution in [1.29, 1.82) is 0 Å². The first-order valence-electron chi connectivity index (χ1n) is 5.85. The molecule has 112 valence electrons. The first kappa shape index (κ1) is 16.6. The summed E-state index contributed by atoms with van der Waals surface area (Å²) in [6.45, 7) is -0.0284. The van der Waals surface area contributed by atoms with Crippen molar-refractivity contribution in [2.24, 2.45) is 5.73 Å². The number of ether oxygens (including phenoxy) is 4. The summed E-state index contributed by atoms with van der Waals surface area (Å²) < 4.78 is 19.9. The van der Waals surface area contributed by atoms with Gasteiger partial charge in [0.05, 0.1) is 34.0 Å². The molecular formula is C13H18ClNO5. The average molecular weight is 304 g/mol. The Morgan fingerprint density at radius 1 is 1.25 bits per heavy atom. The molecule has 6 nitrogen and oxygen atoms in total. The molecule has 0 aliphatic heterocycles. The van der Waals surface area contributed by atoms with E-state index in [9.17, 15) is 4.79 Å². The van der Waals surface area contributed by atoms with Gasteiger partial charge in [-0.05, 0) is 11.6 Å². The van der Waals surface area contributed by atoms with E-state index < -0.39 is 12.0 Å². The lowest BCUT2D eigenvalue weighted by molar-refractivity contribution is -0.146. The predicted molar refractivity (Wildman–Crippen MR) is 74.3 cm³/mol. The van der Waals surface area contributed by atoms with Crippen molar-refractivity contribution in [3.8, 4) is 11.5 Å². The minimum absolute atomic E-state index is 0.129. The van der Waals surface area contributed by atoms with Gasteiger partial charge in [0.1, 0.15) is 6.61 Å². The van der Waals surface area contributed by atoms with Crippen molar-refractivity contribution in [2.45, 2.75) is 6.04 Å². The van der Waals surface area contributed by atoms with Crippen LogP contribution in [0.4, 0.5) is 0 Å². The van der Waals surface area contributed by atoms with E-state index in [-0.39, 0.29) is 13.2 Å². The summed E-state index contributed by atoms with van der Waals surface area (Å²) in [5.41, 5.74) is 6.63. The summed E-state index contributed by atoms with van der Waals surface area (Å²) in [5, 5.41) is 0.441. The molecule has 1 atom stereocenters. The topological polar surface area (TPSA) is 80.0 Å². The van der Waals surface area contributed by atoms with Crippen molar-refractivity contribution in [1.82, 2.24) is 0 Å². The third-order valence-corrected chi connectivity index (χ3v) is 2.97. The van der Waals surface area contributed by atoms with E-state index in [0.717, 1.165) is 0 Å². The van der Waals surface area contributed by atoms with Gasteiger partial charge in [-0.3, -0.25) is 0 Å². The van der Waals surface area contributed by atoms with E-state index in [1.54, 1.807) is 12.1 Å². The maximum absolute atomic E-state index is 10.9. The van der Waals surface area contributed by atoms with Crippen LogP contribution in [0.15, 0.2) is 12.1 Å². The highest BCUT2D eigenvalue weighted by Gasteiger charge is 2.16. The van der Waals surface area contributed by atoms with Gasteiger partial charge in [-0.15, -0.1) is 0 Å². The molecule has 0 saturated carbocycles. The minimum Gasteiger partial charge on any atom is -0.493 e. The molecule has 2 N–H and O–H groups in total. The molecule has 0 saturated heterocycles. The van der Waals surface area contributed by atoms with Crippen LogP contribution >= 0.6 is 11.6 Å². The highest BCUT2D eigenvalue weighted by atomic mass is 35.5. The Morgan fingerprint density at radius 2 is 1.85 bits per heavy atom. The molecule has 0 aromatic heterocycles. The zero-order chi connectivity index (χ0) is 15.1. The second kappa shape index (κ2) is 7.94. The van der Waals surface area contributed by atoms with Crippen molar-refractivity contribution in [3.63, 3.8) is 0 Å². The molecule has 0 amide bonds. The number of hydrogen-bond donors (Lipinski definition) is 1. The fraction of sp³-hybridized carbons (Fsp3) is 0.462. The zero-order valence-electron chi connectivity index (χ0n) is 11.6. The number of carbonyl (C=O) groups is 1. The van der Waals surface area contributed by atoms with Gasteiger partial charge < -0.3 is 24.7 Å². The molecule has 1 aromatic carbocycles. The van der Waals surface area contributed by atoms with E-state index >= 15 is 0 Å². The van der Waals surface area contributed by atoms with E-state index in [0.29, 0.717) is 22.1 Å². The molecular weight excluding hydrogens is 286 g/mol. The van der Waals surface area contributed by atoms with Gasteiger partial charge in [0, 0.05) is 11.1 Å². The number of rotatable bonds is 7. The lowest BCUT2D eigenvalue weighted by atomic mass is 10.1. The molecule has 0 heterocycles. The summed E-state index contributed by atoms with van der Waals surface area (Å²) in [4.78, 5) is 10.9. The Hall–Kier alpha value is -1.50. The zero-order valence-corrected chi connectivity index (χ0v) is 12.4. The number of hydrogen-bond acceptors (Lipinski definition) is 6. The van der Waals surface area contributed by atoms with Crippen molar-refractivity contribution in [2.75, 3.05) is 34.5 Å². The number of benzene rings is 1. The van der Waals surface area contributed by atoms with Crippen LogP contribution in [0.25, 0.3) is 0 Å². The fourth-order valence-corrected chi connectivity index (χ4v) is 1.87. The van der Waals surface area contributed by atoms with Crippen LogP contribution in [0.3, 0.4) is 0 Å². The highest BCUT2D eigenvalue weighted by molar-refractivity contribution is 6.31. The summed E-state index contributed by atoms with van der Waals surface area (Å²) in [7, 11) is 4.33. The third kappa shape index (κ3) is 4.26. The van der Waals surface area contributed by atoms with Crippen molar-refractivity contribution < 1.29 is 23.7 Å². The Labute approximate surface area is 122 Å². The lowest BCUT2D eigenvalue weighted by Crippen LogP contribution is -2.20. The minimum atomic E-state index is -0.494. The quantitative estimate of drug-likeness (QED) is 0.770. The maximum atomic E-state index is 10.9. The van der Waals surface area contributed by atoms with Crippen molar-refractivity contribution in [3.05, 3.63) is 22.7 Å². The summed E-state index contributed by atoms with van der Waals surface area (Å²) >= 11 is 6.14. The first-order valence-corrected chi connectivity index (χ1v) is 6.22. The molecule has 0 fully saturated rings. The largest absolute Gasteiger partial charge is 0.493 e. The Bertz CT molecular complexity index is 466. The van der Waals surface area contributed by atoms with Crippen LogP contribution < -0.4 is 15.2 Å². The molecule has 0 bridgehead atoms. The molecule has 7 heteroatoms. The van der Waals surface area contributed by atoms with E-state index in [2.05, 4.69) is 4.74 Å². The summed E-state index contributed by atoms with van der Waals surface area (Å²) in [6, 6.07) is 2.82. The van der Waals surface area contributed by atoms with Crippen LogP contribution in [-0.2, 0) is 14.3 Å². The van der Waals surface area contributed by atoms with Crippen LogP contribution in [0, 0.1) is 0 Å². The van der Waals surface area contributed by atoms with Gasteiger partial charge >= 0.3 is 5.97 Å². The van der Waals surface area contributed by atoms with E-state index in [4.69, 9.17) is 31.5 Å². The second-order valence-electron chi connectivity index (χ2n) is 3.93. The number of methoxy groups -OCH3 is 3. The molecule has 0 aliphatic carbocycles. The van der Waals surface area contributed by atoms with E-state index in [1.807, 2.05) is 0 Å². The van der Waals surface area contributed by atoms with Crippen LogP contribution in [0.5, 0.6) is 11.5 Å². The predicted octanol–water partition coefficient (Wildman–Crippen LogP) is 1.55. The second-order valence-corrected chi connectivity index (χ2v) is 4.33. The molecule has 1 aromatic rings. The Kier molecular flexibility index (Phi) is 6.57. The molecule has 1 rings (SSSR count). The molecule has 1 unspecified atom stereocenters. The molecule has 0 spiro atoms. The van der Waals surface area contributed by atoms with Gasteiger partial charge in [0.25, 0.3) is 0 Å². The van der Waals surface area contributed by atoms with Crippen molar-refractivity contribution >= 4 is 17.6 Å². The number of carbonyl (C=O) groups excluding carboxylic acids is 1. The van der Waals surface area contributed by atoms with Gasteiger partial charge in [-0.1, -0.05) is 11.6 Å². The van der Waals surface area contributed by atoms with Gasteiger partial charge in [-0.25, -0.2) is 4.79 Å². The average Bonchev–Trinajstić information content (AvgIpc) is 2.46.